The number of nitrogens with zero attached hydrogens (tertiary/aromatic N) is 4. The second kappa shape index (κ2) is 11.8. The Morgan fingerprint density at radius 2 is 1.80 bits per heavy atom. The summed E-state index contributed by atoms with van der Waals surface area (Å²) in [5.41, 5.74) is 2.05. The molecule has 0 aliphatic rings. The van der Waals surface area contributed by atoms with Gasteiger partial charge in [0, 0.05) is 36.0 Å². The van der Waals surface area contributed by atoms with Gasteiger partial charge in [-0.15, -0.1) is 0 Å². The van der Waals surface area contributed by atoms with Crippen molar-refractivity contribution in [2.24, 2.45) is 0 Å². The zero-order valence-electron chi connectivity index (χ0n) is 20.7. The van der Waals surface area contributed by atoms with Crippen LogP contribution in [0.5, 0.6) is 5.75 Å². The smallest absolute Gasteiger partial charge is 0.250 e. The Balaban J connectivity index is 1.85. The molecule has 184 valence electrons. The highest BCUT2D eigenvalue weighted by Gasteiger charge is 2.40. The molecule has 0 saturated heterocycles. The number of carbonyl (C=O) groups excluding carboxylic acids is 2. The molecule has 0 aliphatic heterocycles. The third-order valence-electron chi connectivity index (χ3n) is 5.77. The fourth-order valence-corrected chi connectivity index (χ4v) is 4.41. The highest BCUT2D eigenvalue weighted by Crippen LogP contribution is 2.27. The van der Waals surface area contributed by atoms with E-state index >= 15 is 0 Å². The highest BCUT2D eigenvalue weighted by atomic mass is 32.2. The van der Waals surface area contributed by atoms with Crippen molar-refractivity contribution in [3.8, 4) is 5.75 Å². The fourth-order valence-electron chi connectivity index (χ4n) is 3.59. The van der Waals surface area contributed by atoms with E-state index in [2.05, 4.69) is 20.3 Å². The van der Waals surface area contributed by atoms with Crippen LogP contribution in [0.15, 0.2) is 60.0 Å². The fraction of sp³-hybridized carbons (Fsp3) is 0.346. The van der Waals surface area contributed by atoms with Crippen molar-refractivity contribution in [3.63, 3.8) is 0 Å². The summed E-state index contributed by atoms with van der Waals surface area (Å²) < 4.78 is 5.19. The summed E-state index contributed by atoms with van der Waals surface area (Å²) in [6.07, 6.45) is 3.81. The molecule has 3 rings (SSSR count). The summed E-state index contributed by atoms with van der Waals surface area (Å²) in [7, 11) is 1.59. The maximum absolute atomic E-state index is 13.6. The third kappa shape index (κ3) is 6.79. The average molecular weight is 494 g/mol. The number of aryl methyl sites for hydroxylation is 2. The molecule has 0 aliphatic carbocycles. The number of hydrogen-bond acceptors (Lipinski definition) is 7. The molecule has 0 saturated carbocycles. The molecule has 0 spiro atoms. The Kier molecular flexibility index (Phi) is 8.81. The molecule has 0 bridgehead atoms. The van der Waals surface area contributed by atoms with E-state index < -0.39 is 5.54 Å². The number of carbonyl (C=O) groups is 2. The van der Waals surface area contributed by atoms with Crippen molar-refractivity contribution in [1.82, 2.24) is 19.9 Å². The molecular formula is C26H31N5O3S. The Morgan fingerprint density at radius 1 is 1.11 bits per heavy atom. The lowest BCUT2D eigenvalue weighted by Crippen LogP contribution is -2.57. The number of thioether (sulfide) groups is 1. The third-order valence-corrected chi connectivity index (χ3v) is 6.60. The number of nitrogens with one attached hydrogen (secondary N) is 1. The standard InChI is InChI=1S/C26H31N5O3S/c1-6-26(4,24(33)30-21-9-11-22(34-5)12-10-21)31(16-20-8-7-13-27-15-20)23(32)17-35-25-28-18(2)14-19(3)29-25/h7-15H,6,16-17H2,1-5H3,(H,30,33). The molecule has 0 radical (unpaired) electrons. The lowest BCUT2D eigenvalue weighted by Gasteiger charge is -2.39. The average Bonchev–Trinajstić information content (AvgIpc) is 2.86. The first-order valence-electron chi connectivity index (χ1n) is 11.3. The summed E-state index contributed by atoms with van der Waals surface area (Å²) >= 11 is 1.27. The lowest BCUT2D eigenvalue weighted by molar-refractivity contribution is -0.143. The number of pyridine rings is 1. The van der Waals surface area contributed by atoms with Crippen molar-refractivity contribution < 1.29 is 14.3 Å². The second-order valence-corrected chi connectivity index (χ2v) is 9.32. The van der Waals surface area contributed by atoms with Gasteiger partial charge in [0.05, 0.1) is 12.9 Å². The van der Waals surface area contributed by atoms with Gasteiger partial charge in [0.1, 0.15) is 11.3 Å². The Bertz CT molecular complexity index is 1140. The normalized spacial score (nSPS) is 12.5. The second-order valence-electron chi connectivity index (χ2n) is 8.37. The Hall–Kier alpha value is -3.46. The lowest BCUT2D eigenvalue weighted by atomic mass is 9.93. The number of benzene rings is 1. The van der Waals surface area contributed by atoms with Gasteiger partial charge in [-0.2, -0.15) is 0 Å². The summed E-state index contributed by atoms with van der Waals surface area (Å²) in [6.45, 7) is 7.73. The van der Waals surface area contributed by atoms with Crippen LogP contribution in [-0.2, 0) is 16.1 Å². The van der Waals surface area contributed by atoms with Crippen LogP contribution in [-0.4, -0.2) is 50.1 Å². The van der Waals surface area contributed by atoms with E-state index in [0.717, 1.165) is 17.0 Å². The number of aromatic nitrogens is 3. The summed E-state index contributed by atoms with van der Waals surface area (Å²) in [6, 6.07) is 12.7. The van der Waals surface area contributed by atoms with Crippen LogP contribution in [0, 0.1) is 13.8 Å². The van der Waals surface area contributed by atoms with Crippen molar-refractivity contribution in [2.75, 3.05) is 18.2 Å². The molecule has 3 aromatic rings. The minimum absolute atomic E-state index is 0.106. The number of amides is 2. The van der Waals surface area contributed by atoms with Crippen LogP contribution in [0.1, 0.15) is 37.2 Å². The predicted molar refractivity (Wildman–Crippen MR) is 137 cm³/mol. The Labute approximate surface area is 210 Å². The van der Waals surface area contributed by atoms with Gasteiger partial charge in [-0.3, -0.25) is 14.6 Å². The summed E-state index contributed by atoms with van der Waals surface area (Å²) in [5.74, 6) is 0.348. The van der Waals surface area contributed by atoms with Gasteiger partial charge < -0.3 is 15.0 Å². The molecule has 0 fully saturated rings. The van der Waals surface area contributed by atoms with E-state index in [0.29, 0.717) is 23.0 Å². The number of anilines is 1. The summed E-state index contributed by atoms with van der Waals surface area (Å²) in [5, 5.41) is 3.50. The molecule has 2 amide bonds. The SMILES string of the molecule is CCC(C)(C(=O)Nc1ccc(OC)cc1)N(Cc1cccnc1)C(=O)CSc1nc(C)cc(C)n1. The maximum atomic E-state index is 13.6. The molecule has 1 atom stereocenters. The van der Waals surface area contributed by atoms with Gasteiger partial charge in [0.15, 0.2) is 5.16 Å². The van der Waals surface area contributed by atoms with Crippen LogP contribution in [0.2, 0.25) is 0 Å². The molecular weight excluding hydrogens is 462 g/mol. The van der Waals surface area contributed by atoms with Gasteiger partial charge in [0.25, 0.3) is 0 Å². The van der Waals surface area contributed by atoms with Crippen LogP contribution in [0.3, 0.4) is 0 Å². The molecule has 9 heteroatoms. The molecule has 35 heavy (non-hydrogen) atoms. The van der Waals surface area contributed by atoms with Gasteiger partial charge in [-0.25, -0.2) is 9.97 Å². The highest BCUT2D eigenvalue weighted by molar-refractivity contribution is 7.99. The number of rotatable bonds is 10. The number of ether oxygens (including phenoxy) is 1. The first-order chi connectivity index (χ1) is 16.7. The van der Waals surface area contributed by atoms with Crippen LogP contribution in [0.25, 0.3) is 0 Å². The largest absolute Gasteiger partial charge is 0.497 e. The van der Waals surface area contributed by atoms with Gasteiger partial charge in [0.2, 0.25) is 11.8 Å². The van der Waals surface area contributed by atoms with E-state index in [1.54, 1.807) is 55.6 Å². The first kappa shape index (κ1) is 26.2. The maximum Gasteiger partial charge on any atom is 0.250 e. The van der Waals surface area contributed by atoms with Gasteiger partial charge in [-0.1, -0.05) is 24.8 Å². The van der Waals surface area contributed by atoms with Crippen LogP contribution < -0.4 is 10.1 Å². The molecule has 8 nitrogen and oxygen atoms in total. The monoisotopic (exact) mass is 493 g/mol. The van der Waals surface area contributed by atoms with E-state index in [-0.39, 0.29) is 24.1 Å². The van der Waals surface area contributed by atoms with Crippen LogP contribution >= 0.6 is 11.8 Å². The van der Waals surface area contributed by atoms with Crippen LogP contribution in [0.4, 0.5) is 5.69 Å². The quantitative estimate of drug-likeness (QED) is 0.330. The number of methoxy groups -OCH3 is 1. The minimum atomic E-state index is -1.10. The summed E-state index contributed by atoms with van der Waals surface area (Å²) in [4.78, 5) is 41.7. The number of hydrogen-bond donors (Lipinski definition) is 1. The topological polar surface area (TPSA) is 97.3 Å². The van der Waals surface area contributed by atoms with E-state index in [1.807, 2.05) is 39.0 Å². The molecule has 2 heterocycles. The minimum Gasteiger partial charge on any atom is -0.497 e. The van der Waals surface area contributed by atoms with E-state index in [9.17, 15) is 9.59 Å². The molecule has 1 N–H and O–H groups in total. The molecule has 1 aromatic carbocycles. The van der Waals surface area contributed by atoms with E-state index in [4.69, 9.17) is 4.74 Å². The molecule has 2 aromatic heterocycles. The molecule has 1 unspecified atom stereocenters. The van der Waals surface area contributed by atoms with Gasteiger partial charge >= 0.3 is 0 Å². The first-order valence-corrected chi connectivity index (χ1v) is 12.3. The predicted octanol–water partition coefficient (Wildman–Crippen LogP) is 4.43. The Morgan fingerprint density at radius 3 is 2.37 bits per heavy atom. The van der Waals surface area contributed by atoms with Crippen molar-refractivity contribution in [3.05, 3.63) is 71.8 Å². The van der Waals surface area contributed by atoms with Crippen molar-refractivity contribution >= 4 is 29.3 Å². The van der Waals surface area contributed by atoms with Gasteiger partial charge in [-0.05, 0) is 69.2 Å². The zero-order chi connectivity index (χ0) is 25.4. The van der Waals surface area contributed by atoms with Crippen molar-refractivity contribution in [2.45, 2.75) is 51.4 Å². The van der Waals surface area contributed by atoms with E-state index in [1.165, 1.54) is 11.8 Å². The zero-order valence-corrected chi connectivity index (χ0v) is 21.6. The van der Waals surface area contributed by atoms with Crippen molar-refractivity contribution in [1.29, 1.82) is 0 Å².